The van der Waals surface area contributed by atoms with Gasteiger partial charge in [0.15, 0.2) is 5.16 Å². The lowest BCUT2D eigenvalue weighted by molar-refractivity contribution is -0.141. The van der Waals surface area contributed by atoms with Crippen molar-refractivity contribution >= 4 is 17.7 Å². The Morgan fingerprint density at radius 3 is 2.45 bits per heavy atom. The van der Waals surface area contributed by atoms with Crippen LogP contribution in [0, 0.1) is 0 Å². The summed E-state index contributed by atoms with van der Waals surface area (Å²) in [6.45, 7) is 1.06. The highest BCUT2D eigenvalue weighted by atomic mass is 32.2. The van der Waals surface area contributed by atoms with E-state index in [0.717, 1.165) is 25.7 Å². The molecule has 1 saturated heterocycles. The van der Waals surface area contributed by atoms with E-state index >= 15 is 0 Å². The SMILES string of the molecule is FC(F)(F)Cn1c(SC2CCCC2)nnc1N1CCOCC1. The number of alkyl halides is 3. The number of anilines is 1. The van der Waals surface area contributed by atoms with Gasteiger partial charge in [-0.2, -0.15) is 13.2 Å². The van der Waals surface area contributed by atoms with E-state index < -0.39 is 12.7 Å². The van der Waals surface area contributed by atoms with Gasteiger partial charge in [-0.3, -0.25) is 4.57 Å². The lowest BCUT2D eigenvalue weighted by atomic mass is 10.4. The quantitative estimate of drug-likeness (QED) is 0.846. The molecule has 0 N–H and O–H groups in total. The van der Waals surface area contributed by atoms with Crippen molar-refractivity contribution in [2.45, 2.75) is 48.8 Å². The standard InChI is InChI=1S/C13H19F3N4OS/c14-13(15,16)9-20-11(19-5-7-21-8-6-19)17-18-12(20)22-10-3-1-2-4-10/h10H,1-9H2. The number of thioether (sulfide) groups is 1. The Kier molecular flexibility index (Phi) is 4.82. The first-order valence-corrected chi connectivity index (χ1v) is 8.40. The number of nitrogens with zero attached hydrogens (tertiary/aromatic N) is 4. The topological polar surface area (TPSA) is 43.2 Å². The summed E-state index contributed by atoms with van der Waals surface area (Å²) in [4.78, 5) is 1.82. The van der Waals surface area contributed by atoms with Crippen LogP contribution in [0.25, 0.3) is 0 Å². The monoisotopic (exact) mass is 336 g/mol. The lowest BCUT2D eigenvalue weighted by Crippen LogP contribution is -2.38. The Labute approximate surface area is 131 Å². The van der Waals surface area contributed by atoms with Crippen LogP contribution in [-0.2, 0) is 11.3 Å². The van der Waals surface area contributed by atoms with Crippen LogP contribution in [-0.4, -0.2) is 52.5 Å². The zero-order chi connectivity index (χ0) is 15.6. The van der Waals surface area contributed by atoms with Crippen molar-refractivity contribution in [1.29, 1.82) is 0 Å². The van der Waals surface area contributed by atoms with Gasteiger partial charge in [0.25, 0.3) is 0 Å². The molecule has 3 rings (SSSR count). The molecule has 0 atom stereocenters. The van der Waals surface area contributed by atoms with Gasteiger partial charge >= 0.3 is 6.18 Å². The minimum atomic E-state index is -4.28. The van der Waals surface area contributed by atoms with Gasteiger partial charge in [0.05, 0.1) is 13.2 Å². The predicted octanol–water partition coefficient (Wildman–Crippen LogP) is 2.71. The van der Waals surface area contributed by atoms with E-state index in [9.17, 15) is 13.2 Å². The maximum atomic E-state index is 12.9. The van der Waals surface area contributed by atoms with Crippen molar-refractivity contribution in [1.82, 2.24) is 14.8 Å². The van der Waals surface area contributed by atoms with E-state index in [2.05, 4.69) is 10.2 Å². The molecule has 0 amide bonds. The predicted molar refractivity (Wildman–Crippen MR) is 77.2 cm³/mol. The molecule has 2 aliphatic rings. The molecule has 124 valence electrons. The molecule has 0 spiro atoms. The van der Waals surface area contributed by atoms with Gasteiger partial charge in [-0.25, -0.2) is 0 Å². The van der Waals surface area contributed by atoms with E-state index in [1.807, 2.05) is 4.90 Å². The van der Waals surface area contributed by atoms with E-state index in [1.54, 1.807) is 0 Å². The smallest absolute Gasteiger partial charge is 0.378 e. The number of aromatic nitrogens is 3. The summed E-state index contributed by atoms with van der Waals surface area (Å²) in [6, 6.07) is 0. The first kappa shape index (κ1) is 15.9. The molecule has 1 aliphatic carbocycles. The van der Waals surface area contributed by atoms with Crippen LogP contribution in [0.1, 0.15) is 25.7 Å². The van der Waals surface area contributed by atoms with E-state index in [-0.39, 0.29) is 0 Å². The van der Waals surface area contributed by atoms with Crippen molar-refractivity contribution in [3.05, 3.63) is 0 Å². The van der Waals surface area contributed by atoms with Gasteiger partial charge in [-0.05, 0) is 12.8 Å². The van der Waals surface area contributed by atoms with Gasteiger partial charge in [-0.15, -0.1) is 10.2 Å². The van der Waals surface area contributed by atoms with Crippen molar-refractivity contribution in [3.63, 3.8) is 0 Å². The van der Waals surface area contributed by atoms with Crippen molar-refractivity contribution in [3.8, 4) is 0 Å². The van der Waals surface area contributed by atoms with Gasteiger partial charge < -0.3 is 9.64 Å². The summed E-state index contributed by atoms with van der Waals surface area (Å²) in [5.41, 5.74) is 0. The first-order chi connectivity index (χ1) is 10.5. The first-order valence-electron chi connectivity index (χ1n) is 7.52. The second-order valence-corrected chi connectivity index (χ2v) is 6.88. The van der Waals surface area contributed by atoms with Crippen LogP contribution >= 0.6 is 11.8 Å². The lowest BCUT2D eigenvalue weighted by Gasteiger charge is -2.28. The third-order valence-electron chi connectivity index (χ3n) is 3.90. The summed E-state index contributed by atoms with van der Waals surface area (Å²) in [5.74, 6) is 0.307. The third kappa shape index (κ3) is 3.87. The van der Waals surface area contributed by atoms with Gasteiger partial charge in [-0.1, -0.05) is 24.6 Å². The Balaban J connectivity index is 1.82. The van der Waals surface area contributed by atoms with Gasteiger partial charge in [0, 0.05) is 18.3 Å². The molecule has 1 aliphatic heterocycles. The van der Waals surface area contributed by atoms with Gasteiger partial charge in [0.2, 0.25) is 5.95 Å². The number of morpholine rings is 1. The molecule has 2 fully saturated rings. The Bertz CT molecular complexity index is 496. The second kappa shape index (κ2) is 6.66. The molecule has 0 unspecified atom stereocenters. The van der Waals surface area contributed by atoms with E-state index in [4.69, 9.17) is 4.74 Å². The fraction of sp³-hybridized carbons (Fsp3) is 0.846. The van der Waals surface area contributed by atoms with Crippen LogP contribution in [0.15, 0.2) is 5.16 Å². The van der Waals surface area contributed by atoms with Crippen LogP contribution in [0.4, 0.5) is 19.1 Å². The Morgan fingerprint density at radius 2 is 1.82 bits per heavy atom. The second-order valence-electron chi connectivity index (χ2n) is 5.61. The number of rotatable bonds is 4. The van der Waals surface area contributed by atoms with Crippen molar-refractivity contribution < 1.29 is 17.9 Å². The van der Waals surface area contributed by atoms with Crippen molar-refractivity contribution in [2.24, 2.45) is 0 Å². The summed E-state index contributed by atoms with van der Waals surface area (Å²) in [7, 11) is 0. The molecule has 0 aromatic carbocycles. The molecule has 9 heteroatoms. The van der Waals surface area contributed by atoms with Crippen LogP contribution in [0.2, 0.25) is 0 Å². The molecule has 0 bridgehead atoms. The number of hydrogen-bond acceptors (Lipinski definition) is 5. The average molecular weight is 336 g/mol. The zero-order valence-electron chi connectivity index (χ0n) is 12.2. The number of halogens is 3. The average Bonchev–Trinajstić information content (AvgIpc) is 3.10. The Hall–Kier alpha value is -0.960. The van der Waals surface area contributed by atoms with Crippen molar-refractivity contribution in [2.75, 3.05) is 31.2 Å². The molecule has 2 heterocycles. The fourth-order valence-corrected chi connectivity index (χ4v) is 4.07. The summed E-state index contributed by atoms with van der Waals surface area (Å²) in [6.07, 6.45) is 0.0735. The minimum absolute atomic E-state index is 0.307. The molecule has 1 aromatic rings. The highest BCUT2D eigenvalue weighted by Crippen LogP contribution is 2.36. The molecule has 1 saturated carbocycles. The molecule has 0 radical (unpaired) electrons. The largest absolute Gasteiger partial charge is 0.406 e. The summed E-state index contributed by atoms with van der Waals surface area (Å²) < 4.78 is 45.3. The number of hydrogen-bond donors (Lipinski definition) is 0. The Morgan fingerprint density at radius 1 is 1.14 bits per heavy atom. The fourth-order valence-electron chi connectivity index (χ4n) is 2.84. The highest BCUT2D eigenvalue weighted by Gasteiger charge is 2.33. The van der Waals surface area contributed by atoms with Crippen LogP contribution in [0.5, 0.6) is 0 Å². The maximum Gasteiger partial charge on any atom is 0.406 e. The summed E-state index contributed by atoms with van der Waals surface area (Å²) in [5, 5.41) is 8.80. The summed E-state index contributed by atoms with van der Waals surface area (Å²) >= 11 is 1.43. The van der Waals surface area contributed by atoms with Gasteiger partial charge in [0.1, 0.15) is 6.54 Å². The normalized spacial score (nSPS) is 20.8. The minimum Gasteiger partial charge on any atom is -0.378 e. The van der Waals surface area contributed by atoms with Crippen LogP contribution < -0.4 is 4.90 Å². The molecule has 5 nitrogen and oxygen atoms in total. The number of ether oxygens (including phenoxy) is 1. The van der Waals surface area contributed by atoms with E-state index in [1.165, 1.54) is 16.3 Å². The molecular weight excluding hydrogens is 317 g/mol. The molecule has 1 aromatic heterocycles. The third-order valence-corrected chi connectivity index (χ3v) is 5.22. The molecular formula is C13H19F3N4OS. The van der Waals surface area contributed by atoms with Crippen LogP contribution in [0.3, 0.4) is 0 Å². The van der Waals surface area contributed by atoms with E-state index in [0.29, 0.717) is 42.7 Å². The maximum absolute atomic E-state index is 12.9. The highest BCUT2D eigenvalue weighted by molar-refractivity contribution is 7.99. The zero-order valence-corrected chi connectivity index (χ0v) is 13.0. The molecule has 22 heavy (non-hydrogen) atoms.